The lowest BCUT2D eigenvalue weighted by Gasteiger charge is -2.47. The Morgan fingerprint density at radius 2 is 0.455 bits per heavy atom. The predicted molar refractivity (Wildman–Crippen MR) is 101 cm³/mol. The fourth-order valence-electron chi connectivity index (χ4n) is 3.07. The minimum absolute atomic E-state index is 0.260. The van der Waals surface area contributed by atoms with E-state index in [0.29, 0.717) is 0 Å². The highest BCUT2D eigenvalue weighted by atomic mass is 19.4. The molecule has 0 aromatic rings. The molecule has 2 nitrogen and oxygen atoms in total. The smallest absolute Gasteiger partial charge is 0.413 e. The molecular formula is C20H5F33O2. The molecule has 1 atom stereocenters. The normalized spacial score (nSPS) is 17.6. The summed E-state index contributed by atoms with van der Waals surface area (Å²) in [6.07, 6.45) is -16.8. The first-order valence-corrected chi connectivity index (χ1v) is 11.7. The minimum Gasteiger partial charge on any atom is -0.413 e. The van der Waals surface area contributed by atoms with Gasteiger partial charge < -0.3 is 4.74 Å². The van der Waals surface area contributed by atoms with Gasteiger partial charge in [-0.25, -0.2) is 4.79 Å². The Bertz CT molecular complexity index is 1460. The molecule has 35 heteroatoms. The van der Waals surface area contributed by atoms with E-state index >= 15 is 0 Å². The molecule has 0 saturated carbocycles. The first-order chi connectivity index (χ1) is 23.1. The Kier molecular flexibility index (Phi) is 12.0. The van der Waals surface area contributed by atoms with Gasteiger partial charge in [0.25, 0.3) is 0 Å². The van der Waals surface area contributed by atoms with Crippen molar-refractivity contribution >= 4 is 5.97 Å². The summed E-state index contributed by atoms with van der Waals surface area (Å²) in [6, 6.07) is 0. The molecule has 0 heterocycles. The van der Waals surface area contributed by atoms with E-state index in [9.17, 15) is 150 Å². The van der Waals surface area contributed by atoms with Gasteiger partial charge in [-0.2, -0.15) is 145 Å². The molecule has 0 saturated heterocycles. The van der Waals surface area contributed by atoms with Crippen LogP contribution >= 0.6 is 0 Å². The van der Waals surface area contributed by atoms with E-state index in [4.69, 9.17) is 0 Å². The number of rotatable bonds is 15. The average molecular weight is 904 g/mol. The summed E-state index contributed by atoms with van der Waals surface area (Å²) in [6.45, 7) is 1.76. The van der Waals surface area contributed by atoms with Gasteiger partial charge in [0, 0.05) is 5.57 Å². The lowest BCUT2D eigenvalue weighted by molar-refractivity contribution is -0.497. The number of alkyl halides is 33. The van der Waals surface area contributed by atoms with Crippen molar-refractivity contribution in [2.75, 3.05) is 0 Å². The SMILES string of the molecule is C=C(C)C(=O)OC(F)(C(F)(F)C(F)(F)C(F)(F)F)C(F)(F)C(F)(F)C(F)(F)C(F)(F)C(F)(F)C(F)(F)C(F)(F)C(F)(F)C(F)(F)C(F)(F)C(F)(F)C(F)(F)F. The Morgan fingerprint density at radius 3 is 0.636 bits per heavy atom. The summed E-state index contributed by atoms with van der Waals surface area (Å²) in [7, 11) is 0. The maximum absolute atomic E-state index is 14.8. The fourth-order valence-corrected chi connectivity index (χ4v) is 3.07. The van der Waals surface area contributed by atoms with Crippen LogP contribution in [0.4, 0.5) is 145 Å². The molecule has 0 aliphatic heterocycles. The van der Waals surface area contributed by atoms with Crippen molar-refractivity contribution in [2.45, 2.75) is 102 Å². The summed E-state index contributed by atoms with van der Waals surface area (Å²) < 4.78 is 449. The van der Waals surface area contributed by atoms with Gasteiger partial charge in [0.2, 0.25) is 0 Å². The Morgan fingerprint density at radius 1 is 0.309 bits per heavy atom. The van der Waals surface area contributed by atoms with Crippen LogP contribution in [0.15, 0.2) is 12.2 Å². The second-order valence-electron chi connectivity index (χ2n) is 10.2. The molecule has 0 rings (SSSR count). The van der Waals surface area contributed by atoms with Crippen LogP contribution < -0.4 is 0 Å². The van der Waals surface area contributed by atoms with Gasteiger partial charge in [-0.15, -0.1) is 0 Å². The van der Waals surface area contributed by atoms with Gasteiger partial charge in [-0.3, -0.25) is 0 Å². The maximum atomic E-state index is 14.8. The number of carbonyl (C=O) groups excluding carboxylic acids is 1. The molecule has 0 aromatic heterocycles. The highest BCUT2D eigenvalue weighted by molar-refractivity contribution is 5.87. The van der Waals surface area contributed by atoms with Crippen molar-refractivity contribution in [1.29, 1.82) is 0 Å². The van der Waals surface area contributed by atoms with Crippen molar-refractivity contribution < 1.29 is 154 Å². The van der Waals surface area contributed by atoms with Crippen LogP contribution in [0, 0.1) is 0 Å². The lowest BCUT2D eigenvalue weighted by Crippen LogP contribution is -2.80. The zero-order chi connectivity index (χ0) is 45.9. The molecule has 0 aliphatic carbocycles. The van der Waals surface area contributed by atoms with Crippen molar-refractivity contribution in [3.63, 3.8) is 0 Å². The molecule has 328 valence electrons. The van der Waals surface area contributed by atoms with Crippen LogP contribution in [0.3, 0.4) is 0 Å². The molecule has 0 spiro atoms. The topological polar surface area (TPSA) is 26.3 Å². The minimum atomic E-state index is -10.3. The lowest BCUT2D eigenvalue weighted by atomic mass is 9.82. The summed E-state index contributed by atoms with van der Waals surface area (Å²) in [4.78, 5) is 11.2. The van der Waals surface area contributed by atoms with E-state index in [2.05, 4.69) is 0 Å². The van der Waals surface area contributed by atoms with Gasteiger partial charge in [0.1, 0.15) is 0 Å². The van der Waals surface area contributed by atoms with Crippen molar-refractivity contribution in [2.24, 2.45) is 0 Å². The number of halogens is 33. The van der Waals surface area contributed by atoms with Crippen molar-refractivity contribution in [1.82, 2.24) is 0 Å². The van der Waals surface area contributed by atoms with E-state index in [1.807, 2.05) is 11.3 Å². The standard InChI is InChI=1S/C20H5F33O2/c1-3(2)4(54)55-18(47,15(41,42)17(45,46)20(51,52)53)14(39,40)12(35,36)10(31,32)8(27,28)6(23,24)5(21,22)7(25,26)9(29,30)11(33,34)13(37,38)16(43,44)19(48,49)50/h1H2,2H3. The van der Waals surface area contributed by atoms with Gasteiger partial charge in [-0.05, 0) is 6.92 Å². The van der Waals surface area contributed by atoms with Crippen LogP contribution in [0.25, 0.3) is 0 Å². The molecule has 1 unspecified atom stereocenters. The van der Waals surface area contributed by atoms with Crippen LogP contribution in [0.2, 0.25) is 0 Å². The summed E-state index contributed by atoms with van der Waals surface area (Å²) in [5, 5.41) is 0. The number of carbonyl (C=O) groups is 1. The van der Waals surface area contributed by atoms with E-state index < -0.39 is 107 Å². The van der Waals surface area contributed by atoms with E-state index in [1.54, 1.807) is 0 Å². The van der Waals surface area contributed by atoms with E-state index in [0.717, 1.165) is 0 Å². The zero-order valence-electron chi connectivity index (χ0n) is 24.0. The van der Waals surface area contributed by atoms with Crippen molar-refractivity contribution in [3.05, 3.63) is 12.2 Å². The third kappa shape index (κ3) is 6.13. The average Bonchev–Trinajstić information content (AvgIpc) is 2.94. The maximum Gasteiger partial charge on any atom is 0.460 e. The second-order valence-corrected chi connectivity index (χ2v) is 10.2. The Labute approximate surface area is 276 Å². The second kappa shape index (κ2) is 12.7. The molecule has 55 heavy (non-hydrogen) atoms. The molecule has 0 N–H and O–H groups in total. The first kappa shape index (κ1) is 51.9. The van der Waals surface area contributed by atoms with E-state index in [1.165, 1.54) is 0 Å². The predicted octanol–water partition coefficient (Wildman–Crippen LogP) is 11.2. The highest BCUT2D eigenvalue weighted by Crippen LogP contribution is 2.70. The zero-order valence-corrected chi connectivity index (χ0v) is 24.0. The fraction of sp³-hybridized carbons (Fsp3) is 0.850. The molecule has 0 aromatic carbocycles. The summed E-state index contributed by atoms with van der Waals surface area (Å²) in [5.41, 5.74) is -2.17. The van der Waals surface area contributed by atoms with Crippen LogP contribution in [0.1, 0.15) is 6.92 Å². The summed E-state index contributed by atoms with van der Waals surface area (Å²) in [5.74, 6) is -140. The Hall–Kier alpha value is -3.10. The molecule has 0 aliphatic rings. The van der Waals surface area contributed by atoms with E-state index in [-0.39, 0.29) is 6.92 Å². The van der Waals surface area contributed by atoms with Crippen LogP contribution in [-0.2, 0) is 9.53 Å². The van der Waals surface area contributed by atoms with Crippen LogP contribution in [-0.4, -0.2) is 101 Å². The Balaban J connectivity index is 8.11. The number of esters is 1. The quantitative estimate of drug-likeness (QED) is 0.0930. The van der Waals surface area contributed by atoms with Gasteiger partial charge in [0.15, 0.2) is 0 Å². The summed E-state index contributed by atoms with van der Waals surface area (Å²) >= 11 is 0. The number of hydrogen-bond donors (Lipinski definition) is 0. The molecule has 0 fully saturated rings. The monoisotopic (exact) mass is 904 g/mol. The molecule has 0 radical (unpaired) electrons. The molecular weight excluding hydrogens is 899 g/mol. The van der Waals surface area contributed by atoms with Crippen LogP contribution in [0.5, 0.6) is 0 Å². The largest absolute Gasteiger partial charge is 0.460 e. The highest BCUT2D eigenvalue weighted by Gasteiger charge is 3.02. The van der Waals surface area contributed by atoms with Gasteiger partial charge in [0.05, 0.1) is 0 Å². The third-order valence-electron chi connectivity index (χ3n) is 6.44. The molecule has 0 bridgehead atoms. The van der Waals surface area contributed by atoms with Gasteiger partial charge in [-0.1, -0.05) is 6.58 Å². The third-order valence-corrected chi connectivity index (χ3v) is 6.44. The van der Waals surface area contributed by atoms with Crippen molar-refractivity contribution in [3.8, 4) is 0 Å². The molecule has 0 amide bonds. The first-order valence-electron chi connectivity index (χ1n) is 11.7. The number of ether oxygens (including phenoxy) is 1. The van der Waals surface area contributed by atoms with Gasteiger partial charge >= 0.3 is 101 Å². The number of hydrogen-bond acceptors (Lipinski definition) is 2.